The zero-order valence-electron chi connectivity index (χ0n) is 18.4. The number of carbonyl (C=O) groups is 2. The van der Waals surface area contributed by atoms with Crippen molar-refractivity contribution in [2.45, 2.75) is 51.5 Å². The third-order valence-corrected chi connectivity index (χ3v) is 7.90. The molecule has 170 valence electrons. The second-order valence-electron chi connectivity index (χ2n) is 9.45. The number of amides is 2. The Morgan fingerprint density at radius 1 is 0.903 bits per heavy atom. The van der Waals surface area contributed by atoms with Crippen LogP contribution in [0.5, 0.6) is 0 Å². The maximum absolute atomic E-state index is 13.6. The van der Waals surface area contributed by atoms with Crippen LogP contribution in [0.2, 0.25) is 10.0 Å². The molecule has 0 aromatic heterocycles. The average Bonchev–Trinajstić information content (AvgIpc) is 3.29. The van der Waals surface area contributed by atoms with E-state index >= 15 is 0 Å². The first-order chi connectivity index (χ1) is 14.9. The lowest BCUT2D eigenvalue weighted by atomic mass is 9.92. The highest BCUT2D eigenvalue weighted by Crippen LogP contribution is 2.33. The maximum atomic E-state index is 13.6. The van der Waals surface area contributed by atoms with E-state index in [1.807, 2.05) is 4.90 Å². The van der Waals surface area contributed by atoms with Gasteiger partial charge in [-0.2, -0.15) is 0 Å². The molecule has 1 saturated carbocycles. The van der Waals surface area contributed by atoms with E-state index in [1.165, 1.54) is 12.8 Å². The third kappa shape index (κ3) is 5.20. The topological polar surface area (TPSA) is 43.9 Å². The van der Waals surface area contributed by atoms with Gasteiger partial charge in [-0.1, -0.05) is 43.0 Å². The summed E-state index contributed by atoms with van der Waals surface area (Å²) in [6.45, 7) is 6.74. The van der Waals surface area contributed by atoms with E-state index in [0.29, 0.717) is 46.4 Å². The Labute approximate surface area is 195 Å². The van der Waals surface area contributed by atoms with Crippen molar-refractivity contribution in [1.29, 1.82) is 0 Å². The number of rotatable bonds is 4. The minimum absolute atomic E-state index is 0.0349. The molecule has 0 bridgehead atoms. The van der Waals surface area contributed by atoms with Gasteiger partial charge in [-0.25, -0.2) is 0 Å². The Hall–Kier alpha value is -1.30. The second-order valence-corrected chi connectivity index (χ2v) is 10.3. The second kappa shape index (κ2) is 10.1. The zero-order valence-corrected chi connectivity index (χ0v) is 19.9. The molecule has 2 aliphatic heterocycles. The SMILES string of the molecule is CC1CCN(C(=O)C(C2CCCC2)N2CCN(C(=O)c3ccc(Cl)cc3Cl)CC2)CC1. The number of likely N-dealkylation sites (tertiary alicyclic amines) is 1. The normalized spacial score (nSPS) is 22.7. The van der Waals surface area contributed by atoms with E-state index in [9.17, 15) is 9.59 Å². The Morgan fingerprint density at radius 2 is 1.55 bits per heavy atom. The van der Waals surface area contributed by atoms with Gasteiger partial charge in [0.2, 0.25) is 5.91 Å². The van der Waals surface area contributed by atoms with Crippen molar-refractivity contribution in [3.8, 4) is 0 Å². The molecule has 3 aliphatic rings. The molecule has 3 fully saturated rings. The Bertz CT molecular complexity index is 796. The van der Waals surface area contributed by atoms with Gasteiger partial charge < -0.3 is 9.80 Å². The summed E-state index contributed by atoms with van der Waals surface area (Å²) in [7, 11) is 0. The Kier molecular flexibility index (Phi) is 7.45. The summed E-state index contributed by atoms with van der Waals surface area (Å²) >= 11 is 12.2. The molecule has 0 radical (unpaired) electrons. The molecule has 2 amide bonds. The molecule has 1 unspecified atom stereocenters. The lowest BCUT2D eigenvalue weighted by molar-refractivity contribution is -0.141. The van der Waals surface area contributed by atoms with Gasteiger partial charge in [-0.05, 0) is 55.7 Å². The van der Waals surface area contributed by atoms with Crippen LogP contribution in [0.1, 0.15) is 55.8 Å². The van der Waals surface area contributed by atoms with Gasteiger partial charge in [0.15, 0.2) is 0 Å². The van der Waals surface area contributed by atoms with Gasteiger partial charge in [0, 0.05) is 44.3 Å². The summed E-state index contributed by atoms with van der Waals surface area (Å²) in [5.41, 5.74) is 0.491. The summed E-state index contributed by atoms with van der Waals surface area (Å²) in [5, 5.41) is 0.912. The van der Waals surface area contributed by atoms with E-state index in [1.54, 1.807) is 18.2 Å². The van der Waals surface area contributed by atoms with Crippen LogP contribution < -0.4 is 0 Å². The summed E-state index contributed by atoms with van der Waals surface area (Å²) < 4.78 is 0. The average molecular weight is 466 g/mol. The molecule has 5 nitrogen and oxygen atoms in total. The van der Waals surface area contributed by atoms with E-state index in [0.717, 1.165) is 51.9 Å². The fourth-order valence-corrected chi connectivity index (χ4v) is 5.87. The molecule has 31 heavy (non-hydrogen) atoms. The number of nitrogens with zero attached hydrogens (tertiary/aromatic N) is 3. The standard InChI is InChI=1S/C24H33Cl2N3O2/c1-17-8-10-28(11-9-17)24(31)22(18-4-2-3-5-18)27-12-14-29(15-13-27)23(30)20-7-6-19(25)16-21(20)26/h6-7,16-18,22H,2-5,8-15H2,1H3. The van der Waals surface area contributed by atoms with Crippen molar-refractivity contribution in [2.75, 3.05) is 39.3 Å². The van der Waals surface area contributed by atoms with E-state index in [4.69, 9.17) is 23.2 Å². The first-order valence-corrected chi connectivity index (χ1v) is 12.5. The van der Waals surface area contributed by atoms with Crippen LogP contribution in [0.15, 0.2) is 18.2 Å². The van der Waals surface area contributed by atoms with Gasteiger partial charge in [-0.15, -0.1) is 0 Å². The van der Waals surface area contributed by atoms with Crippen molar-refractivity contribution < 1.29 is 9.59 Å². The highest BCUT2D eigenvalue weighted by Gasteiger charge is 2.40. The molecule has 2 saturated heterocycles. The Balaban J connectivity index is 1.42. The summed E-state index contributed by atoms with van der Waals surface area (Å²) in [5.74, 6) is 1.41. The van der Waals surface area contributed by atoms with E-state index in [2.05, 4.69) is 16.7 Å². The number of piperazine rings is 1. The Morgan fingerprint density at radius 3 is 2.16 bits per heavy atom. The molecular weight excluding hydrogens is 433 g/mol. The molecule has 0 spiro atoms. The zero-order chi connectivity index (χ0) is 22.0. The van der Waals surface area contributed by atoms with E-state index < -0.39 is 0 Å². The number of benzene rings is 1. The van der Waals surface area contributed by atoms with Gasteiger partial charge >= 0.3 is 0 Å². The lowest BCUT2D eigenvalue weighted by Crippen LogP contribution is -2.59. The first-order valence-electron chi connectivity index (χ1n) is 11.7. The monoisotopic (exact) mass is 465 g/mol. The third-order valence-electron chi connectivity index (χ3n) is 7.35. The van der Waals surface area contributed by atoms with Crippen LogP contribution in [0, 0.1) is 11.8 Å². The smallest absolute Gasteiger partial charge is 0.255 e. The van der Waals surface area contributed by atoms with Gasteiger partial charge in [0.05, 0.1) is 16.6 Å². The highest BCUT2D eigenvalue weighted by molar-refractivity contribution is 6.36. The predicted octanol–water partition coefficient (Wildman–Crippen LogP) is 4.57. The molecular formula is C24H33Cl2N3O2. The van der Waals surface area contributed by atoms with Crippen LogP contribution in [0.25, 0.3) is 0 Å². The van der Waals surface area contributed by atoms with E-state index in [-0.39, 0.29) is 11.9 Å². The fourth-order valence-electron chi connectivity index (χ4n) is 5.38. The van der Waals surface area contributed by atoms with Crippen molar-refractivity contribution in [3.05, 3.63) is 33.8 Å². The molecule has 1 aromatic rings. The van der Waals surface area contributed by atoms with Gasteiger partial charge in [0.1, 0.15) is 0 Å². The van der Waals surface area contributed by atoms with Crippen molar-refractivity contribution in [1.82, 2.24) is 14.7 Å². The number of hydrogen-bond donors (Lipinski definition) is 0. The van der Waals surface area contributed by atoms with Crippen LogP contribution >= 0.6 is 23.2 Å². The van der Waals surface area contributed by atoms with Crippen molar-refractivity contribution in [3.63, 3.8) is 0 Å². The molecule has 4 rings (SSSR count). The van der Waals surface area contributed by atoms with Crippen LogP contribution in [-0.2, 0) is 4.79 Å². The maximum Gasteiger partial charge on any atom is 0.255 e. The minimum Gasteiger partial charge on any atom is -0.341 e. The molecule has 1 aliphatic carbocycles. The van der Waals surface area contributed by atoms with Gasteiger partial charge in [-0.3, -0.25) is 14.5 Å². The minimum atomic E-state index is -0.0601. The number of carbonyl (C=O) groups excluding carboxylic acids is 2. The van der Waals surface area contributed by atoms with Crippen LogP contribution in [-0.4, -0.2) is 71.8 Å². The predicted molar refractivity (Wildman–Crippen MR) is 125 cm³/mol. The molecule has 1 aromatic carbocycles. The summed E-state index contributed by atoms with van der Waals surface area (Å²) in [6, 6.07) is 4.97. The summed E-state index contributed by atoms with van der Waals surface area (Å²) in [6.07, 6.45) is 6.93. The molecule has 0 N–H and O–H groups in total. The van der Waals surface area contributed by atoms with Crippen LogP contribution in [0.3, 0.4) is 0 Å². The van der Waals surface area contributed by atoms with Crippen molar-refractivity contribution >= 4 is 35.0 Å². The fraction of sp³-hybridized carbons (Fsp3) is 0.667. The van der Waals surface area contributed by atoms with Crippen LogP contribution in [0.4, 0.5) is 0 Å². The lowest BCUT2D eigenvalue weighted by Gasteiger charge is -2.43. The van der Waals surface area contributed by atoms with Gasteiger partial charge in [0.25, 0.3) is 5.91 Å². The number of hydrogen-bond acceptors (Lipinski definition) is 3. The quantitative estimate of drug-likeness (QED) is 0.653. The number of piperidine rings is 1. The molecule has 1 atom stereocenters. The highest BCUT2D eigenvalue weighted by atomic mass is 35.5. The molecule has 2 heterocycles. The van der Waals surface area contributed by atoms with Crippen molar-refractivity contribution in [2.24, 2.45) is 11.8 Å². The summed E-state index contributed by atoms with van der Waals surface area (Å²) in [4.78, 5) is 32.9. The first kappa shape index (κ1) is 22.9. The molecule has 7 heteroatoms. The number of halogens is 2. The largest absolute Gasteiger partial charge is 0.341 e.